The molecule has 3 heterocycles. The zero-order valence-electron chi connectivity index (χ0n) is 14.2. The number of ether oxygens (including phenoxy) is 2. The van der Waals surface area contributed by atoms with Gasteiger partial charge in [0, 0.05) is 11.8 Å². The van der Waals surface area contributed by atoms with Crippen molar-refractivity contribution in [1.82, 2.24) is 9.72 Å². The molecule has 0 radical (unpaired) electrons. The monoisotopic (exact) mass is 402 g/mol. The zero-order chi connectivity index (χ0) is 19.3. The van der Waals surface area contributed by atoms with Crippen molar-refractivity contribution < 1.29 is 22.8 Å². The number of nitrogens with zero attached hydrogens (tertiary/aromatic N) is 2. The molecule has 0 unspecified atom stereocenters. The lowest BCUT2D eigenvalue weighted by Gasteiger charge is -2.11. The van der Waals surface area contributed by atoms with Crippen LogP contribution in [0.1, 0.15) is 11.9 Å². The van der Waals surface area contributed by atoms with Gasteiger partial charge in [0.1, 0.15) is 0 Å². The van der Waals surface area contributed by atoms with Crippen LogP contribution in [0.2, 0.25) is 0 Å². The van der Waals surface area contributed by atoms with Crippen molar-refractivity contribution in [2.45, 2.75) is 6.29 Å². The summed E-state index contributed by atoms with van der Waals surface area (Å²) < 4.78 is 45.7. The van der Waals surface area contributed by atoms with Crippen molar-refractivity contribution in [2.24, 2.45) is 0 Å². The fourth-order valence-electron chi connectivity index (χ4n) is 3.13. The van der Waals surface area contributed by atoms with Crippen LogP contribution in [-0.4, -0.2) is 22.9 Å². The second-order valence-corrected chi connectivity index (χ2v) is 7.14. The minimum absolute atomic E-state index is 0.0802. The SMILES string of the molecule is O=c1sc(-c2ccccc2)cn1-c1noc2c(F)c(F)c(C3OCCO3)cc12. The van der Waals surface area contributed by atoms with Crippen LogP contribution >= 0.6 is 11.3 Å². The highest BCUT2D eigenvalue weighted by Crippen LogP contribution is 2.34. The van der Waals surface area contributed by atoms with E-state index in [1.54, 1.807) is 6.20 Å². The van der Waals surface area contributed by atoms with Crippen molar-refractivity contribution in [3.05, 3.63) is 69.5 Å². The van der Waals surface area contributed by atoms with Crippen LogP contribution in [0.15, 0.2) is 51.9 Å². The molecule has 9 heteroatoms. The van der Waals surface area contributed by atoms with E-state index in [0.29, 0.717) is 4.88 Å². The topological polar surface area (TPSA) is 66.5 Å². The van der Waals surface area contributed by atoms with Crippen molar-refractivity contribution in [1.29, 1.82) is 0 Å². The molecule has 28 heavy (non-hydrogen) atoms. The largest absolute Gasteiger partial charge is 0.351 e. The molecule has 1 fully saturated rings. The van der Waals surface area contributed by atoms with E-state index in [9.17, 15) is 13.6 Å². The van der Waals surface area contributed by atoms with Crippen LogP contribution < -0.4 is 4.87 Å². The van der Waals surface area contributed by atoms with Crippen LogP contribution in [0, 0.1) is 11.6 Å². The van der Waals surface area contributed by atoms with Crippen LogP contribution in [0.5, 0.6) is 0 Å². The summed E-state index contributed by atoms with van der Waals surface area (Å²) in [7, 11) is 0. The molecule has 0 spiro atoms. The molecule has 0 N–H and O–H groups in total. The maximum atomic E-state index is 14.5. The standard InChI is InChI=1S/C19H12F2N2O4S/c20-14-11(18-25-6-7-26-18)8-12-16(15(14)21)27-22-17(12)23-9-13(28-19(23)24)10-4-2-1-3-5-10/h1-5,8-9,18H,6-7H2. The van der Waals surface area contributed by atoms with Gasteiger partial charge in [-0.15, -0.1) is 0 Å². The lowest BCUT2D eigenvalue weighted by atomic mass is 10.1. The maximum absolute atomic E-state index is 14.5. The Bertz CT molecular complexity index is 1230. The van der Waals surface area contributed by atoms with E-state index in [1.807, 2.05) is 30.3 Å². The van der Waals surface area contributed by atoms with Crippen molar-refractivity contribution >= 4 is 22.3 Å². The Morgan fingerprint density at radius 1 is 1.11 bits per heavy atom. The molecule has 0 aliphatic carbocycles. The Balaban J connectivity index is 1.68. The van der Waals surface area contributed by atoms with Gasteiger partial charge in [-0.05, 0) is 11.6 Å². The summed E-state index contributed by atoms with van der Waals surface area (Å²) in [6.07, 6.45) is 0.587. The Kier molecular flexibility index (Phi) is 4.08. The lowest BCUT2D eigenvalue weighted by Crippen LogP contribution is -2.10. The van der Waals surface area contributed by atoms with Crippen LogP contribution in [0.4, 0.5) is 8.78 Å². The predicted octanol–water partition coefficient (Wildman–Crippen LogP) is 4.03. The minimum Gasteiger partial charge on any atom is -0.351 e. The molecular formula is C19H12F2N2O4S. The summed E-state index contributed by atoms with van der Waals surface area (Å²) in [4.78, 5) is 12.9. The summed E-state index contributed by atoms with van der Waals surface area (Å²) in [6, 6.07) is 10.7. The lowest BCUT2D eigenvalue weighted by molar-refractivity contribution is -0.0467. The molecule has 0 saturated carbocycles. The van der Waals surface area contributed by atoms with Crippen LogP contribution in [0.3, 0.4) is 0 Å². The fraction of sp³-hybridized carbons (Fsp3) is 0.158. The normalized spacial score (nSPS) is 14.9. The fourth-order valence-corrected chi connectivity index (χ4v) is 3.97. The number of aromatic nitrogens is 2. The van der Waals surface area contributed by atoms with Gasteiger partial charge in [-0.2, -0.15) is 4.39 Å². The van der Waals surface area contributed by atoms with E-state index in [1.165, 1.54) is 10.6 Å². The molecular weight excluding hydrogens is 390 g/mol. The molecule has 0 bridgehead atoms. The van der Waals surface area contributed by atoms with Crippen molar-refractivity contribution in [3.63, 3.8) is 0 Å². The van der Waals surface area contributed by atoms with Gasteiger partial charge in [0.05, 0.1) is 23.5 Å². The number of hydrogen-bond donors (Lipinski definition) is 0. The summed E-state index contributed by atoms with van der Waals surface area (Å²) in [5.74, 6) is -2.24. The van der Waals surface area contributed by atoms with E-state index in [2.05, 4.69) is 5.16 Å². The van der Waals surface area contributed by atoms with Crippen LogP contribution in [0.25, 0.3) is 27.2 Å². The van der Waals surface area contributed by atoms with Gasteiger partial charge in [0.15, 0.2) is 17.9 Å². The third kappa shape index (κ3) is 2.67. The Morgan fingerprint density at radius 3 is 2.61 bits per heavy atom. The number of halogens is 2. The molecule has 1 saturated heterocycles. The van der Waals surface area contributed by atoms with Crippen molar-refractivity contribution in [2.75, 3.05) is 13.2 Å². The molecule has 0 atom stereocenters. The summed E-state index contributed by atoms with van der Waals surface area (Å²) in [5.41, 5.74) is 0.397. The van der Waals surface area contributed by atoms with E-state index in [4.69, 9.17) is 14.0 Å². The number of benzene rings is 2. The first kappa shape index (κ1) is 17.2. The number of fused-ring (bicyclic) bond motifs is 1. The van der Waals surface area contributed by atoms with Gasteiger partial charge < -0.3 is 14.0 Å². The Hall–Kier alpha value is -2.88. The molecule has 6 nitrogen and oxygen atoms in total. The second kappa shape index (κ2) is 6.62. The first-order chi connectivity index (χ1) is 13.6. The summed E-state index contributed by atoms with van der Waals surface area (Å²) >= 11 is 1.02. The molecule has 4 aromatic rings. The third-order valence-corrected chi connectivity index (χ3v) is 5.39. The highest BCUT2D eigenvalue weighted by molar-refractivity contribution is 7.12. The number of rotatable bonds is 3. The smallest absolute Gasteiger partial charge is 0.313 e. The third-order valence-electron chi connectivity index (χ3n) is 4.46. The van der Waals surface area contributed by atoms with Gasteiger partial charge in [-0.1, -0.05) is 46.8 Å². The first-order valence-corrected chi connectivity index (χ1v) is 9.24. The average molecular weight is 402 g/mol. The van der Waals surface area contributed by atoms with Crippen LogP contribution in [-0.2, 0) is 9.47 Å². The predicted molar refractivity (Wildman–Crippen MR) is 97.5 cm³/mol. The van der Waals surface area contributed by atoms with Crippen molar-refractivity contribution in [3.8, 4) is 16.3 Å². The van der Waals surface area contributed by atoms with Gasteiger partial charge >= 0.3 is 4.87 Å². The molecule has 1 aliphatic rings. The highest BCUT2D eigenvalue weighted by Gasteiger charge is 2.29. The minimum atomic E-state index is -1.20. The molecule has 5 rings (SSSR count). The second-order valence-electron chi connectivity index (χ2n) is 6.15. The highest BCUT2D eigenvalue weighted by atomic mass is 32.1. The Morgan fingerprint density at radius 2 is 1.86 bits per heavy atom. The number of hydrogen-bond acceptors (Lipinski definition) is 6. The van der Waals surface area contributed by atoms with E-state index in [-0.39, 0.29) is 40.4 Å². The molecule has 2 aromatic heterocycles. The van der Waals surface area contributed by atoms with E-state index >= 15 is 0 Å². The quantitative estimate of drug-likeness (QED) is 0.518. The van der Waals surface area contributed by atoms with Gasteiger partial charge in [-0.25, -0.2) is 4.39 Å². The summed E-state index contributed by atoms with van der Waals surface area (Å²) in [6.45, 7) is 0.565. The van der Waals surface area contributed by atoms with Gasteiger partial charge in [0.2, 0.25) is 11.4 Å². The average Bonchev–Trinajstić information content (AvgIpc) is 3.45. The summed E-state index contributed by atoms with van der Waals surface area (Å²) in [5, 5.41) is 3.97. The zero-order valence-corrected chi connectivity index (χ0v) is 15.0. The van der Waals surface area contributed by atoms with Gasteiger partial charge in [-0.3, -0.25) is 9.36 Å². The molecule has 2 aromatic carbocycles. The molecule has 142 valence electrons. The van der Waals surface area contributed by atoms with E-state index in [0.717, 1.165) is 16.9 Å². The Labute approximate surface area is 160 Å². The first-order valence-electron chi connectivity index (χ1n) is 8.42. The maximum Gasteiger partial charge on any atom is 0.313 e. The molecule has 0 amide bonds. The van der Waals surface area contributed by atoms with Gasteiger partial charge in [0.25, 0.3) is 0 Å². The molecule has 1 aliphatic heterocycles. The van der Waals surface area contributed by atoms with E-state index < -0.39 is 17.9 Å². The number of thiazole rings is 1.